The topological polar surface area (TPSA) is 71.0 Å². The zero-order valence-corrected chi connectivity index (χ0v) is 16.3. The van der Waals surface area contributed by atoms with Gasteiger partial charge in [-0.15, -0.1) is 0 Å². The molecule has 0 fully saturated rings. The van der Waals surface area contributed by atoms with Crippen molar-refractivity contribution in [2.75, 3.05) is 18.5 Å². The number of nitrogens with zero attached hydrogens (tertiary/aromatic N) is 4. The summed E-state index contributed by atoms with van der Waals surface area (Å²) >= 11 is 0. The molecule has 0 aliphatic carbocycles. The Morgan fingerprint density at radius 2 is 1.93 bits per heavy atom. The van der Waals surface area contributed by atoms with E-state index in [1.54, 1.807) is 18.5 Å². The van der Waals surface area contributed by atoms with Crippen LogP contribution in [0.25, 0.3) is 11.4 Å². The highest BCUT2D eigenvalue weighted by Crippen LogP contribution is 2.20. The van der Waals surface area contributed by atoms with Gasteiger partial charge in [0.15, 0.2) is 5.82 Å². The van der Waals surface area contributed by atoms with Gasteiger partial charge in [0.25, 0.3) is 5.91 Å². The van der Waals surface area contributed by atoms with Gasteiger partial charge in [0, 0.05) is 44.2 Å². The number of carbonyl (C=O) groups is 1. The van der Waals surface area contributed by atoms with Crippen LogP contribution in [0.3, 0.4) is 0 Å². The van der Waals surface area contributed by atoms with E-state index < -0.39 is 0 Å². The van der Waals surface area contributed by atoms with E-state index in [0.717, 1.165) is 36.3 Å². The molecule has 1 amide bonds. The Labute approximate surface area is 165 Å². The molecule has 0 radical (unpaired) electrons. The van der Waals surface area contributed by atoms with Crippen molar-refractivity contribution in [2.45, 2.75) is 26.3 Å². The fourth-order valence-electron chi connectivity index (χ4n) is 2.75. The summed E-state index contributed by atoms with van der Waals surface area (Å²) in [7, 11) is 1.99. The molecule has 28 heavy (non-hydrogen) atoms. The van der Waals surface area contributed by atoms with Gasteiger partial charge in [0.1, 0.15) is 11.5 Å². The van der Waals surface area contributed by atoms with E-state index in [1.807, 2.05) is 49.5 Å². The van der Waals surface area contributed by atoms with E-state index in [1.165, 1.54) is 0 Å². The number of amides is 1. The van der Waals surface area contributed by atoms with Gasteiger partial charge >= 0.3 is 0 Å². The van der Waals surface area contributed by atoms with E-state index >= 15 is 0 Å². The van der Waals surface area contributed by atoms with Crippen LogP contribution >= 0.6 is 0 Å². The molecule has 3 aromatic rings. The molecule has 1 aromatic carbocycles. The number of nitrogens with one attached hydrogen (secondary N) is 1. The second-order valence-electron chi connectivity index (χ2n) is 6.62. The van der Waals surface area contributed by atoms with Crippen molar-refractivity contribution in [3.63, 3.8) is 0 Å². The molecule has 0 atom stereocenters. The third kappa shape index (κ3) is 5.13. The lowest BCUT2D eigenvalue weighted by Crippen LogP contribution is -2.26. The third-order valence-corrected chi connectivity index (χ3v) is 4.39. The number of anilines is 1. The van der Waals surface area contributed by atoms with Crippen molar-refractivity contribution < 1.29 is 4.79 Å². The van der Waals surface area contributed by atoms with Crippen molar-refractivity contribution >= 4 is 11.7 Å². The fraction of sp³-hybridized carbons (Fsp3) is 0.273. The van der Waals surface area contributed by atoms with E-state index in [2.05, 4.69) is 32.1 Å². The Morgan fingerprint density at radius 1 is 1.11 bits per heavy atom. The van der Waals surface area contributed by atoms with Gasteiger partial charge < -0.3 is 10.2 Å². The van der Waals surface area contributed by atoms with E-state index in [-0.39, 0.29) is 5.91 Å². The zero-order valence-electron chi connectivity index (χ0n) is 16.3. The summed E-state index contributed by atoms with van der Waals surface area (Å²) in [6.45, 7) is 3.43. The quantitative estimate of drug-likeness (QED) is 0.650. The van der Waals surface area contributed by atoms with Crippen LogP contribution < -0.4 is 10.2 Å². The fourth-order valence-corrected chi connectivity index (χ4v) is 2.75. The molecule has 0 aliphatic heterocycles. The molecule has 3 rings (SSSR count). The normalized spacial score (nSPS) is 10.5. The Kier molecular flexibility index (Phi) is 6.68. The summed E-state index contributed by atoms with van der Waals surface area (Å²) in [5.41, 5.74) is 2.18. The first-order valence-corrected chi connectivity index (χ1v) is 9.50. The van der Waals surface area contributed by atoms with Crippen molar-refractivity contribution in [3.05, 3.63) is 72.2 Å². The molecule has 0 saturated heterocycles. The summed E-state index contributed by atoms with van der Waals surface area (Å²) in [5, 5.41) is 2.92. The lowest BCUT2D eigenvalue weighted by molar-refractivity contribution is 0.0946. The minimum atomic E-state index is -0.228. The van der Waals surface area contributed by atoms with E-state index in [4.69, 9.17) is 0 Å². The van der Waals surface area contributed by atoms with Gasteiger partial charge in [-0.2, -0.15) is 0 Å². The molecule has 6 heteroatoms. The van der Waals surface area contributed by atoms with Crippen LogP contribution in [0.2, 0.25) is 0 Å². The molecule has 144 valence electrons. The molecule has 1 N–H and O–H groups in total. The summed E-state index contributed by atoms with van der Waals surface area (Å²) < 4.78 is 0. The highest BCUT2D eigenvalue weighted by Gasteiger charge is 2.15. The van der Waals surface area contributed by atoms with Crippen molar-refractivity contribution in [2.24, 2.45) is 0 Å². The molecule has 2 aromatic heterocycles. The predicted octanol–water partition coefficient (Wildman–Crippen LogP) is 3.70. The second-order valence-corrected chi connectivity index (χ2v) is 6.62. The number of rotatable bonds is 8. The van der Waals surface area contributed by atoms with Crippen molar-refractivity contribution in [3.8, 4) is 11.4 Å². The Balaban J connectivity index is 1.86. The standard InChI is InChI=1S/C22H25N5O/c1-3-4-13-27(2)20-14-19(22(28)24-16-17-9-8-12-23-15-17)25-21(26-20)18-10-6-5-7-11-18/h5-12,14-15H,3-4,13,16H2,1-2H3,(H,24,28). The number of aromatic nitrogens is 3. The molecule has 2 heterocycles. The predicted molar refractivity (Wildman–Crippen MR) is 111 cm³/mol. The van der Waals surface area contributed by atoms with Gasteiger partial charge in [-0.1, -0.05) is 49.7 Å². The molecule has 6 nitrogen and oxygen atoms in total. The SMILES string of the molecule is CCCCN(C)c1cc(C(=O)NCc2cccnc2)nc(-c2ccccc2)n1. The highest BCUT2D eigenvalue weighted by molar-refractivity contribution is 5.93. The minimum absolute atomic E-state index is 0.228. The van der Waals surface area contributed by atoms with Crippen LogP contribution in [0.1, 0.15) is 35.8 Å². The summed E-state index contributed by atoms with van der Waals surface area (Å²) in [6.07, 6.45) is 5.60. The Hall–Kier alpha value is -3.28. The molecule has 0 saturated carbocycles. The van der Waals surface area contributed by atoms with Crippen molar-refractivity contribution in [1.29, 1.82) is 0 Å². The third-order valence-electron chi connectivity index (χ3n) is 4.39. The smallest absolute Gasteiger partial charge is 0.270 e. The monoisotopic (exact) mass is 375 g/mol. The summed E-state index contributed by atoms with van der Waals surface area (Å²) in [5.74, 6) is 1.07. The van der Waals surface area contributed by atoms with Gasteiger partial charge in [-0.05, 0) is 18.1 Å². The number of hydrogen-bond donors (Lipinski definition) is 1. The summed E-state index contributed by atoms with van der Waals surface area (Å²) in [6, 6.07) is 15.2. The maximum atomic E-state index is 12.8. The lowest BCUT2D eigenvalue weighted by atomic mass is 10.2. The first kappa shape index (κ1) is 19.5. The number of unbranched alkanes of at least 4 members (excludes halogenated alkanes) is 1. The maximum absolute atomic E-state index is 12.8. The lowest BCUT2D eigenvalue weighted by Gasteiger charge is -2.19. The molecular weight excluding hydrogens is 350 g/mol. The average molecular weight is 375 g/mol. The zero-order chi connectivity index (χ0) is 19.8. The van der Waals surface area contributed by atoms with Crippen LogP contribution in [-0.4, -0.2) is 34.5 Å². The van der Waals surface area contributed by atoms with Crippen LogP contribution in [0.4, 0.5) is 5.82 Å². The first-order valence-electron chi connectivity index (χ1n) is 9.50. The van der Waals surface area contributed by atoms with Gasteiger partial charge in [0.2, 0.25) is 0 Å². The molecule has 0 spiro atoms. The average Bonchev–Trinajstić information content (AvgIpc) is 2.76. The maximum Gasteiger partial charge on any atom is 0.270 e. The Bertz CT molecular complexity index is 899. The van der Waals surface area contributed by atoms with Gasteiger partial charge in [-0.3, -0.25) is 9.78 Å². The molecular formula is C22H25N5O. The van der Waals surface area contributed by atoms with Gasteiger partial charge in [-0.25, -0.2) is 9.97 Å². The van der Waals surface area contributed by atoms with Gasteiger partial charge in [0.05, 0.1) is 0 Å². The van der Waals surface area contributed by atoms with E-state index in [9.17, 15) is 4.79 Å². The minimum Gasteiger partial charge on any atom is -0.360 e. The van der Waals surface area contributed by atoms with Crippen LogP contribution in [-0.2, 0) is 6.54 Å². The number of hydrogen-bond acceptors (Lipinski definition) is 5. The van der Waals surface area contributed by atoms with Crippen LogP contribution in [0.15, 0.2) is 60.9 Å². The molecule has 0 bridgehead atoms. The highest BCUT2D eigenvalue weighted by atomic mass is 16.1. The Morgan fingerprint density at radius 3 is 2.64 bits per heavy atom. The largest absolute Gasteiger partial charge is 0.360 e. The van der Waals surface area contributed by atoms with Crippen LogP contribution in [0.5, 0.6) is 0 Å². The number of pyridine rings is 1. The van der Waals surface area contributed by atoms with Crippen molar-refractivity contribution in [1.82, 2.24) is 20.3 Å². The van der Waals surface area contributed by atoms with Crippen LogP contribution in [0, 0.1) is 0 Å². The number of carbonyl (C=O) groups excluding carboxylic acids is 1. The summed E-state index contributed by atoms with van der Waals surface area (Å²) in [4.78, 5) is 28.1. The molecule has 0 aliphatic rings. The first-order chi connectivity index (χ1) is 13.7. The van der Waals surface area contributed by atoms with E-state index in [0.29, 0.717) is 18.1 Å². The second kappa shape index (κ2) is 9.60. The molecule has 0 unspecified atom stereocenters. The number of benzene rings is 1.